The van der Waals surface area contributed by atoms with E-state index in [2.05, 4.69) is 40.7 Å². The minimum absolute atomic E-state index is 0.111. The number of aryl methyl sites for hydroxylation is 1. The second kappa shape index (κ2) is 14.6. The van der Waals surface area contributed by atoms with Crippen molar-refractivity contribution in [3.8, 4) is 0 Å². The monoisotopic (exact) mass is 351 g/mol. The molecular formula is C21H37BClO. The SMILES string of the molecule is CC.CCC(C)C(C)C.CC[C@@H]([B]C(C)=O)c1cc(C)cc(Cl)c1. The van der Waals surface area contributed by atoms with Crippen LogP contribution < -0.4 is 0 Å². The number of carbonyl (C=O) groups excluding carboxylic acids is 1. The highest BCUT2D eigenvalue weighted by molar-refractivity contribution is 6.74. The molecule has 0 aliphatic carbocycles. The van der Waals surface area contributed by atoms with Gasteiger partial charge < -0.3 is 4.79 Å². The van der Waals surface area contributed by atoms with Gasteiger partial charge in [0.05, 0.1) is 5.68 Å². The van der Waals surface area contributed by atoms with Gasteiger partial charge in [0.2, 0.25) is 7.28 Å². The molecule has 24 heavy (non-hydrogen) atoms. The highest BCUT2D eigenvalue weighted by atomic mass is 35.5. The van der Waals surface area contributed by atoms with Crippen molar-refractivity contribution in [2.45, 2.75) is 81.0 Å². The van der Waals surface area contributed by atoms with E-state index in [0.29, 0.717) is 0 Å². The molecule has 1 aromatic rings. The van der Waals surface area contributed by atoms with Gasteiger partial charge in [-0.05, 0) is 49.2 Å². The first-order chi connectivity index (χ1) is 11.2. The van der Waals surface area contributed by atoms with E-state index in [4.69, 9.17) is 11.6 Å². The molecule has 0 N–H and O–H groups in total. The van der Waals surface area contributed by atoms with Gasteiger partial charge in [0.25, 0.3) is 0 Å². The smallest absolute Gasteiger partial charge is 0.210 e. The topological polar surface area (TPSA) is 17.1 Å². The second-order valence-corrected chi connectivity index (χ2v) is 6.92. The van der Waals surface area contributed by atoms with Gasteiger partial charge in [0.15, 0.2) is 0 Å². The molecule has 0 aliphatic rings. The van der Waals surface area contributed by atoms with Crippen LogP contribution in [-0.2, 0) is 4.79 Å². The maximum atomic E-state index is 11.1. The van der Waals surface area contributed by atoms with Crippen LogP contribution in [0.5, 0.6) is 0 Å². The maximum Gasteiger partial charge on any atom is 0.210 e. The van der Waals surface area contributed by atoms with Crippen molar-refractivity contribution >= 4 is 24.6 Å². The molecular weight excluding hydrogens is 314 g/mol. The number of hydrogen-bond donors (Lipinski definition) is 0. The molecule has 0 amide bonds. The van der Waals surface area contributed by atoms with Gasteiger partial charge in [-0.1, -0.05) is 84.5 Å². The van der Waals surface area contributed by atoms with Gasteiger partial charge in [-0.25, -0.2) is 0 Å². The molecule has 0 bridgehead atoms. The average Bonchev–Trinajstić information content (AvgIpc) is 2.53. The predicted octanol–water partition coefficient (Wildman–Crippen LogP) is 7.06. The Balaban J connectivity index is 0. The molecule has 1 aromatic carbocycles. The second-order valence-electron chi connectivity index (χ2n) is 6.48. The zero-order valence-electron chi connectivity index (χ0n) is 17.2. The average molecular weight is 352 g/mol. The summed E-state index contributed by atoms with van der Waals surface area (Å²) in [4.78, 5) is 11.1. The first kappa shape index (κ1) is 25.5. The molecule has 1 nitrogen and oxygen atoms in total. The van der Waals surface area contributed by atoms with E-state index in [1.165, 1.54) is 6.42 Å². The van der Waals surface area contributed by atoms with Gasteiger partial charge >= 0.3 is 0 Å². The van der Waals surface area contributed by atoms with Crippen LogP contribution in [0.25, 0.3) is 0 Å². The lowest BCUT2D eigenvalue weighted by atomic mass is 9.58. The summed E-state index contributed by atoms with van der Waals surface area (Å²) in [7, 11) is 1.76. The molecule has 0 heterocycles. The van der Waals surface area contributed by atoms with Crippen molar-refractivity contribution in [1.82, 2.24) is 0 Å². The Kier molecular flexibility index (Phi) is 15.5. The summed E-state index contributed by atoms with van der Waals surface area (Å²) in [6.45, 7) is 18.7. The normalized spacial score (nSPS) is 12.3. The third-order valence-corrected chi connectivity index (χ3v) is 4.37. The molecule has 3 heteroatoms. The van der Waals surface area contributed by atoms with Crippen LogP contribution in [0.4, 0.5) is 0 Å². The standard InChI is InChI=1S/C12H15BClO.C7H16.C2H6/c1-4-12(13-9(3)15)10-5-8(2)6-11(14)7-10;1-5-7(4)6(2)3;1-2/h5-7,12H,4H2,1-3H3;6-7H,5H2,1-4H3;1-2H3/t12-;;/m1../s1. The van der Waals surface area contributed by atoms with E-state index in [1.807, 2.05) is 32.9 Å². The zero-order valence-corrected chi connectivity index (χ0v) is 18.0. The van der Waals surface area contributed by atoms with E-state index in [1.54, 1.807) is 14.2 Å². The lowest BCUT2D eigenvalue weighted by Crippen LogP contribution is -2.15. The Labute approximate surface area is 156 Å². The van der Waals surface area contributed by atoms with Gasteiger partial charge in [-0.15, -0.1) is 0 Å². The predicted molar refractivity (Wildman–Crippen MR) is 111 cm³/mol. The third-order valence-electron chi connectivity index (χ3n) is 4.15. The highest BCUT2D eigenvalue weighted by Crippen LogP contribution is 2.23. The van der Waals surface area contributed by atoms with Gasteiger partial charge in [0.1, 0.15) is 0 Å². The molecule has 1 radical (unpaired) electrons. The summed E-state index contributed by atoms with van der Waals surface area (Å²) in [6.07, 6.45) is 2.23. The molecule has 0 aromatic heterocycles. The molecule has 1 unspecified atom stereocenters. The lowest BCUT2D eigenvalue weighted by molar-refractivity contribution is -0.110. The zero-order chi connectivity index (χ0) is 19.3. The van der Waals surface area contributed by atoms with Crippen molar-refractivity contribution in [1.29, 1.82) is 0 Å². The Morgan fingerprint density at radius 1 is 1.08 bits per heavy atom. The fourth-order valence-electron chi connectivity index (χ4n) is 2.18. The Bertz CT molecular complexity index is 437. The molecule has 137 valence electrons. The summed E-state index contributed by atoms with van der Waals surface area (Å²) >= 11 is 5.99. The van der Waals surface area contributed by atoms with Crippen molar-refractivity contribution in [3.05, 3.63) is 34.3 Å². The highest BCUT2D eigenvalue weighted by Gasteiger charge is 2.14. The van der Waals surface area contributed by atoms with Crippen molar-refractivity contribution in [3.63, 3.8) is 0 Å². The summed E-state index contributed by atoms with van der Waals surface area (Å²) < 4.78 is 0. The van der Waals surface area contributed by atoms with Crippen LogP contribution in [-0.4, -0.2) is 13.0 Å². The van der Waals surface area contributed by atoms with Crippen LogP contribution in [0.15, 0.2) is 18.2 Å². The Morgan fingerprint density at radius 2 is 1.62 bits per heavy atom. The van der Waals surface area contributed by atoms with Crippen LogP contribution in [0.3, 0.4) is 0 Å². The molecule has 0 saturated carbocycles. The Hall–Kier alpha value is -0.755. The van der Waals surface area contributed by atoms with Crippen molar-refractivity contribution < 1.29 is 4.79 Å². The first-order valence-electron chi connectivity index (χ1n) is 9.33. The number of benzene rings is 1. The fourth-order valence-corrected chi connectivity index (χ4v) is 2.48. The van der Waals surface area contributed by atoms with E-state index in [-0.39, 0.29) is 11.5 Å². The Morgan fingerprint density at radius 3 is 1.92 bits per heavy atom. The van der Waals surface area contributed by atoms with E-state index in [0.717, 1.165) is 34.4 Å². The molecule has 0 fully saturated rings. The van der Waals surface area contributed by atoms with Gasteiger partial charge in [-0.3, -0.25) is 0 Å². The van der Waals surface area contributed by atoms with E-state index in [9.17, 15) is 4.79 Å². The molecule has 2 atom stereocenters. The summed E-state index contributed by atoms with van der Waals surface area (Å²) in [5.74, 6) is 1.95. The molecule has 0 spiro atoms. The molecule has 0 aliphatic heterocycles. The first-order valence-corrected chi connectivity index (χ1v) is 9.71. The number of hydrogen-bond acceptors (Lipinski definition) is 1. The molecule has 1 rings (SSSR count). The van der Waals surface area contributed by atoms with Crippen LogP contribution in [0.2, 0.25) is 5.02 Å². The summed E-state index contributed by atoms with van der Waals surface area (Å²) in [5.41, 5.74) is 2.37. The van der Waals surface area contributed by atoms with E-state index < -0.39 is 0 Å². The minimum atomic E-state index is 0.111. The maximum absolute atomic E-state index is 11.1. The largest absolute Gasteiger partial charge is 0.312 e. The number of rotatable bonds is 6. The number of carbonyl (C=O) groups is 1. The van der Waals surface area contributed by atoms with Crippen LogP contribution in [0.1, 0.15) is 85.2 Å². The van der Waals surface area contributed by atoms with Crippen LogP contribution in [0, 0.1) is 18.8 Å². The quantitative estimate of drug-likeness (QED) is 0.501. The fraction of sp³-hybridized carbons (Fsp3) is 0.667. The number of halogens is 1. The molecule has 0 saturated heterocycles. The summed E-state index contributed by atoms with van der Waals surface area (Å²) in [6, 6.07) is 5.94. The van der Waals surface area contributed by atoms with Gasteiger partial charge in [-0.2, -0.15) is 0 Å². The van der Waals surface area contributed by atoms with Crippen LogP contribution >= 0.6 is 11.6 Å². The van der Waals surface area contributed by atoms with E-state index >= 15 is 0 Å². The lowest BCUT2D eigenvalue weighted by Gasteiger charge is -2.13. The summed E-state index contributed by atoms with van der Waals surface area (Å²) in [5, 5.41) is 0.736. The van der Waals surface area contributed by atoms with Crippen molar-refractivity contribution in [2.24, 2.45) is 11.8 Å². The van der Waals surface area contributed by atoms with Gasteiger partial charge in [0, 0.05) is 5.02 Å². The third kappa shape index (κ3) is 11.7. The minimum Gasteiger partial charge on any atom is -0.312 e. The van der Waals surface area contributed by atoms with Crippen molar-refractivity contribution in [2.75, 3.05) is 0 Å².